The van der Waals surface area contributed by atoms with Gasteiger partial charge in [0.25, 0.3) is 0 Å². The van der Waals surface area contributed by atoms with Crippen LogP contribution in [0.4, 0.5) is 29.3 Å². The van der Waals surface area contributed by atoms with Crippen LogP contribution in [0, 0.1) is 5.92 Å². The summed E-state index contributed by atoms with van der Waals surface area (Å²) in [6, 6.07) is 16.4. The van der Waals surface area contributed by atoms with Crippen LogP contribution in [0.5, 0.6) is 0 Å². The highest BCUT2D eigenvalue weighted by Gasteiger charge is 2.34. The predicted molar refractivity (Wildman–Crippen MR) is 164 cm³/mol. The van der Waals surface area contributed by atoms with E-state index in [4.69, 9.17) is 0 Å². The van der Waals surface area contributed by atoms with Gasteiger partial charge in [-0.3, -0.25) is 14.7 Å². The highest BCUT2D eigenvalue weighted by atomic mass is 19.4. The second-order valence-electron chi connectivity index (χ2n) is 11.5. The maximum atomic E-state index is 14.0. The van der Waals surface area contributed by atoms with Crippen LogP contribution in [-0.4, -0.2) is 60.3 Å². The lowest BCUT2D eigenvalue weighted by Crippen LogP contribution is -2.45. The first-order valence-electron chi connectivity index (χ1n) is 15.0. The van der Waals surface area contributed by atoms with Crippen LogP contribution in [0.15, 0.2) is 65.7 Å². The zero-order valence-electron chi connectivity index (χ0n) is 24.5. The molecule has 3 N–H and O–H groups in total. The Morgan fingerprint density at radius 1 is 0.864 bits per heavy atom. The van der Waals surface area contributed by atoms with E-state index in [1.165, 1.54) is 12.1 Å². The topological polar surface area (TPSA) is 89.1 Å². The maximum absolute atomic E-state index is 14.0. The van der Waals surface area contributed by atoms with Crippen molar-refractivity contribution in [2.75, 3.05) is 43.4 Å². The predicted octanol–water partition coefficient (Wildman–Crippen LogP) is 5.94. The monoisotopic (exact) mass is 604 g/mol. The van der Waals surface area contributed by atoms with Crippen LogP contribution in [0.3, 0.4) is 0 Å². The SMILES string of the molecule is CCN1CCN(Cc2ccc(NC(=O)Nc3cccc(-c4ccc5c(c4)CN=C5NC(=O)C4CC4)c3)cc2C(F)(F)F)CC1. The summed E-state index contributed by atoms with van der Waals surface area (Å²) in [5.74, 6) is 0.716. The molecule has 3 aliphatic rings. The third-order valence-electron chi connectivity index (χ3n) is 8.39. The molecule has 0 atom stereocenters. The zero-order valence-corrected chi connectivity index (χ0v) is 24.5. The van der Waals surface area contributed by atoms with Gasteiger partial charge >= 0.3 is 12.2 Å². The maximum Gasteiger partial charge on any atom is 0.416 e. The first kappa shape index (κ1) is 29.8. The number of benzene rings is 3. The number of alkyl halides is 3. The number of anilines is 2. The average molecular weight is 605 g/mol. The number of rotatable bonds is 7. The van der Waals surface area contributed by atoms with Gasteiger partial charge in [0.2, 0.25) is 5.91 Å². The number of piperazine rings is 1. The van der Waals surface area contributed by atoms with Crippen molar-refractivity contribution in [2.45, 2.75) is 39.0 Å². The molecule has 8 nitrogen and oxygen atoms in total. The number of hydrogen-bond donors (Lipinski definition) is 3. The van der Waals surface area contributed by atoms with E-state index in [-0.39, 0.29) is 29.6 Å². The van der Waals surface area contributed by atoms with Crippen LogP contribution < -0.4 is 16.0 Å². The van der Waals surface area contributed by atoms with Gasteiger partial charge in [0, 0.05) is 55.6 Å². The zero-order chi connectivity index (χ0) is 30.8. The van der Waals surface area contributed by atoms with E-state index < -0.39 is 17.8 Å². The molecule has 2 fully saturated rings. The van der Waals surface area contributed by atoms with Crippen molar-refractivity contribution in [3.05, 3.63) is 82.9 Å². The molecular weight excluding hydrogens is 569 g/mol. The highest BCUT2D eigenvalue weighted by molar-refractivity contribution is 6.11. The van der Waals surface area contributed by atoms with E-state index in [1.807, 2.05) is 29.2 Å². The molecule has 3 aromatic rings. The third kappa shape index (κ3) is 6.95. The number of carbonyl (C=O) groups excluding carboxylic acids is 2. The largest absolute Gasteiger partial charge is 0.416 e. The Morgan fingerprint density at radius 2 is 1.57 bits per heavy atom. The third-order valence-corrected chi connectivity index (χ3v) is 8.39. The minimum Gasteiger partial charge on any atom is -0.310 e. The minimum atomic E-state index is -4.55. The first-order chi connectivity index (χ1) is 21.2. The second-order valence-corrected chi connectivity index (χ2v) is 11.5. The van der Waals surface area contributed by atoms with E-state index in [1.54, 1.807) is 18.2 Å². The summed E-state index contributed by atoms with van der Waals surface area (Å²) in [5, 5.41) is 8.22. The number of nitrogens with zero attached hydrogens (tertiary/aromatic N) is 3. The van der Waals surface area contributed by atoms with Crippen LogP contribution in [0.1, 0.15) is 42.0 Å². The molecule has 3 aromatic carbocycles. The lowest BCUT2D eigenvalue weighted by Gasteiger charge is -2.34. The van der Waals surface area contributed by atoms with Crippen molar-refractivity contribution in [3.8, 4) is 11.1 Å². The van der Waals surface area contributed by atoms with Gasteiger partial charge in [-0.25, -0.2) is 4.79 Å². The van der Waals surface area contributed by atoms with Crippen molar-refractivity contribution in [3.63, 3.8) is 0 Å². The molecule has 3 amide bonds. The van der Waals surface area contributed by atoms with E-state index in [9.17, 15) is 22.8 Å². The number of amidine groups is 1. The van der Waals surface area contributed by atoms with Crippen LogP contribution in [0.25, 0.3) is 11.1 Å². The summed E-state index contributed by atoms with van der Waals surface area (Å²) in [7, 11) is 0. The van der Waals surface area contributed by atoms with Gasteiger partial charge in [0.1, 0.15) is 5.84 Å². The van der Waals surface area contributed by atoms with Crippen molar-refractivity contribution < 1.29 is 22.8 Å². The molecule has 0 bridgehead atoms. The van der Waals surface area contributed by atoms with Crippen LogP contribution >= 0.6 is 0 Å². The number of fused-ring (bicyclic) bond motifs is 1. The number of likely N-dealkylation sites (N-methyl/N-ethyl adjacent to an activating group) is 1. The van der Waals surface area contributed by atoms with Gasteiger partial charge in [0.15, 0.2) is 0 Å². The number of nitrogens with one attached hydrogen (secondary N) is 3. The number of aliphatic imine (C=N–C) groups is 1. The fraction of sp³-hybridized carbons (Fsp3) is 0.364. The molecule has 44 heavy (non-hydrogen) atoms. The Morgan fingerprint density at radius 3 is 2.27 bits per heavy atom. The number of halogens is 3. The van der Waals surface area contributed by atoms with Gasteiger partial charge < -0.3 is 20.9 Å². The summed E-state index contributed by atoms with van der Waals surface area (Å²) < 4.78 is 42.0. The molecule has 0 radical (unpaired) electrons. The summed E-state index contributed by atoms with van der Waals surface area (Å²) in [5.41, 5.74) is 3.67. The summed E-state index contributed by atoms with van der Waals surface area (Å²) in [6.07, 6.45) is -2.70. The summed E-state index contributed by atoms with van der Waals surface area (Å²) >= 11 is 0. The number of urea groups is 1. The molecular formula is C33H35F3N6O2. The fourth-order valence-corrected chi connectivity index (χ4v) is 5.69. The number of hydrogen-bond acceptors (Lipinski definition) is 5. The molecule has 6 rings (SSSR count). The van der Waals surface area contributed by atoms with Crippen LogP contribution in [0.2, 0.25) is 0 Å². The summed E-state index contributed by atoms with van der Waals surface area (Å²) in [4.78, 5) is 33.8. The Balaban J connectivity index is 1.10. The normalized spacial score (nSPS) is 17.1. The molecule has 2 aliphatic heterocycles. The lowest BCUT2D eigenvalue weighted by molar-refractivity contribution is -0.138. The Labute approximate surface area is 254 Å². The standard InChI is InChI=1S/C33H35F3N6O2/c1-2-41-12-14-42(15-13-41)20-24-8-10-27(18-29(24)33(34,35)36)39-32(44)38-26-5-3-4-22(17-26)23-9-11-28-25(16-23)19-37-30(28)40-31(43)21-6-7-21/h3-5,8-11,16-18,21H,2,6-7,12-15,19-20H2,1H3,(H,37,40,43)(H2,38,39,44). The molecule has 1 aliphatic carbocycles. The highest BCUT2D eigenvalue weighted by Crippen LogP contribution is 2.35. The van der Waals surface area contributed by atoms with Gasteiger partial charge in [0.05, 0.1) is 12.1 Å². The lowest BCUT2D eigenvalue weighted by atomic mass is 9.99. The van der Waals surface area contributed by atoms with Crippen molar-refractivity contribution in [2.24, 2.45) is 10.9 Å². The van der Waals surface area contributed by atoms with Crippen molar-refractivity contribution in [1.29, 1.82) is 0 Å². The van der Waals surface area contributed by atoms with Crippen molar-refractivity contribution in [1.82, 2.24) is 15.1 Å². The smallest absolute Gasteiger partial charge is 0.310 e. The van der Waals surface area contributed by atoms with Crippen LogP contribution in [-0.2, 0) is 24.1 Å². The second kappa shape index (κ2) is 12.4. The van der Waals surface area contributed by atoms with Crippen molar-refractivity contribution >= 4 is 29.1 Å². The molecule has 11 heteroatoms. The van der Waals surface area contributed by atoms with Gasteiger partial charge in [-0.2, -0.15) is 13.2 Å². The molecule has 1 saturated heterocycles. The van der Waals surface area contributed by atoms with E-state index in [2.05, 4.69) is 32.8 Å². The molecule has 0 aromatic heterocycles. The number of amides is 3. The Kier molecular flexibility index (Phi) is 8.42. The number of carbonyl (C=O) groups is 2. The molecule has 1 saturated carbocycles. The Bertz CT molecular complexity index is 1590. The van der Waals surface area contributed by atoms with E-state index in [0.717, 1.165) is 60.8 Å². The first-order valence-corrected chi connectivity index (χ1v) is 15.0. The summed E-state index contributed by atoms with van der Waals surface area (Å²) in [6.45, 7) is 6.78. The minimum absolute atomic E-state index is 0.0179. The quantitative estimate of drug-likeness (QED) is 0.312. The molecule has 0 spiro atoms. The fourth-order valence-electron chi connectivity index (χ4n) is 5.69. The molecule has 230 valence electrons. The van der Waals surface area contributed by atoms with Gasteiger partial charge in [-0.05, 0) is 72.0 Å². The van der Waals surface area contributed by atoms with E-state index in [0.29, 0.717) is 31.2 Å². The Hall–Kier alpha value is -4.22. The average Bonchev–Trinajstić information content (AvgIpc) is 3.79. The van der Waals surface area contributed by atoms with Gasteiger partial charge in [-0.1, -0.05) is 37.3 Å². The van der Waals surface area contributed by atoms with Gasteiger partial charge in [-0.15, -0.1) is 0 Å². The van der Waals surface area contributed by atoms with E-state index >= 15 is 0 Å². The molecule has 0 unspecified atom stereocenters. The molecule has 2 heterocycles.